The quantitative estimate of drug-likeness (QED) is 0.638. The van der Waals surface area contributed by atoms with E-state index in [2.05, 4.69) is 31.2 Å². The van der Waals surface area contributed by atoms with Crippen LogP contribution >= 0.6 is 11.3 Å². The molecule has 1 aliphatic rings. The molecular formula is C12H12OS. The molecule has 0 fully saturated rings. The maximum absolute atomic E-state index is 5.64. The summed E-state index contributed by atoms with van der Waals surface area (Å²) in [7, 11) is 0. The molecule has 0 amide bonds. The number of rotatable bonds is 0. The Morgan fingerprint density at radius 2 is 2.21 bits per heavy atom. The molecule has 72 valence electrons. The molecule has 0 saturated heterocycles. The number of thiophene rings is 1. The SMILES string of the molecule is CC1OCCc2c1sc1ccccc21. The maximum atomic E-state index is 5.64. The number of hydrogen-bond acceptors (Lipinski definition) is 2. The van der Waals surface area contributed by atoms with Crippen LogP contribution in [0.15, 0.2) is 24.3 Å². The highest BCUT2D eigenvalue weighted by Gasteiger charge is 2.21. The second-order valence-corrected chi connectivity index (χ2v) is 4.79. The minimum Gasteiger partial charge on any atom is -0.373 e. The van der Waals surface area contributed by atoms with Crippen LogP contribution < -0.4 is 0 Å². The average molecular weight is 204 g/mol. The van der Waals surface area contributed by atoms with Crippen molar-refractivity contribution >= 4 is 21.4 Å². The molecule has 0 radical (unpaired) electrons. The van der Waals surface area contributed by atoms with Crippen molar-refractivity contribution in [2.75, 3.05) is 6.61 Å². The van der Waals surface area contributed by atoms with Crippen LogP contribution in [0.3, 0.4) is 0 Å². The summed E-state index contributed by atoms with van der Waals surface area (Å²) in [6.07, 6.45) is 1.36. The lowest BCUT2D eigenvalue weighted by atomic mass is 10.0. The van der Waals surface area contributed by atoms with E-state index in [9.17, 15) is 0 Å². The van der Waals surface area contributed by atoms with Gasteiger partial charge in [-0.1, -0.05) is 18.2 Å². The fraction of sp³-hybridized carbons (Fsp3) is 0.333. The van der Waals surface area contributed by atoms with Crippen molar-refractivity contribution < 1.29 is 4.74 Å². The Morgan fingerprint density at radius 3 is 3.14 bits per heavy atom. The standard InChI is InChI=1S/C12H12OS/c1-8-12-10(6-7-13-8)9-4-2-3-5-11(9)14-12/h2-5,8H,6-7H2,1H3. The minimum atomic E-state index is 0.288. The van der Waals surface area contributed by atoms with Gasteiger partial charge in [-0.3, -0.25) is 0 Å². The van der Waals surface area contributed by atoms with E-state index in [1.807, 2.05) is 11.3 Å². The summed E-state index contributed by atoms with van der Waals surface area (Å²) in [5.41, 5.74) is 1.52. The van der Waals surface area contributed by atoms with Crippen LogP contribution in [-0.4, -0.2) is 6.61 Å². The molecule has 1 nitrogen and oxygen atoms in total. The number of hydrogen-bond donors (Lipinski definition) is 0. The Morgan fingerprint density at radius 1 is 1.36 bits per heavy atom. The highest BCUT2D eigenvalue weighted by Crippen LogP contribution is 2.39. The van der Waals surface area contributed by atoms with Crippen molar-refractivity contribution in [3.8, 4) is 0 Å². The van der Waals surface area contributed by atoms with E-state index in [0.29, 0.717) is 0 Å². The molecule has 1 aliphatic heterocycles. The summed E-state index contributed by atoms with van der Waals surface area (Å²) in [6, 6.07) is 8.65. The van der Waals surface area contributed by atoms with E-state index in [4.69, 9.17) is 4.74 Å². The van der Waals surface area contributed by atoms with Gasteiger partial charge >= 0.3 is 0 Å². The van der Waals surface area contributed by atoms with E-state index in [-0.39, 0.29) is 6.10 Å². The summed E-state index contributed by atoms with van der Waals surface area (Å²) < 4.78 is 7.04. The van der Waals surface area contributed by atoms with Crippen LogP contribution in [0, 0.1) is 0 Å². The first kappa shape index (κ1) is 8.45. The Balaban J connectivity index is 2.32. The van der Waals surface area contributed by atoms with Crippen LogP contribution in [0.4, 0.5) is 0 Å². The third-order valence-electron chi connectivity index (χ3n) is 2.82. The lowest BCUT2D eigenvalue weighted by molar-refractivity contribution is 0.0589. The van der Waals surface area contributed by atoms with Crippen molar-refractivity contribution in [3.05, 3.63) is 34.7 Å². The predicted molar refractivity (Wildman–Crippen MR) is 59.9 cm³/mol. The van der Waals surface area contributed by atoms with Crippen molar-refractivity contribution in [2.24, 2.45) is 0 Å². The molecule has 1 atom stereocenters. The molecular weight excluding hydrogens is 192 g/mol. The normalized spacial score (nSPS) is 21.1. The highest BCUT2D eigenvalue weighted by molar-refractivity contribution is 7.19. The number of ether oxygens (including phenoxy) is 1. The largest absolute Gasteiger partial charge is 0.373 e. The van der Waals surface area contributed by atoms with Gasteiger partial charge in [-0.2, -0.15) is 0 Å². The first-order chi connectivity index (χ1) is 6.86. The third kappa shape index (κ3) is 1.11. The van der Waals surface area contributed by atoms with Crippen LogP contribution in [0.5, 0.6) is 0 Å². The molecule has 0 aliphatic carbocycles. The van der Waals surface area contributed by atoms with Gasteiger partial charge in [0.1, 0.15) is 0 Å². The molecule has 1 unspecified atom stereocenters. The molecule has 0 spiro atoms. The second kappa shape index (κ2) is 3.07. The van der Waals surface area contributed by atoms with Crippen LogP contribution in [0.2, 0.25) is 0 Å². The van der Waals surface area contributed by atoms with Gasteiger partial charge < -0.3 is 4.74 Å². The molecule has 2 heterocycles. The second-order valence-electron chi connectivity index (χ2n) is 3.70. The summed E-state index contributed by atoms with van der Waals surface area (Å²) in [5, 5.41) is 1.43. The zero-order chi connectivity index (χ0) is 9.54. The molecule has 14 heavy (non-hydrogen) atoms. The summed E-state index contributed by atoms with van der Waals surface area (Å²) >= 11 is 1.88. The summed E-state index contributed by atoms with van der Waals surface area (Å²) in [5.74, 6) is 0. The zero-order valence-corrected chi connectivity index (χ0v) is 8.93. The fourth-order valence-electron chi connectivity index (χ4n) is 2.12. The first-order valence-corrected chi connectivity index (χ1v) is 5.80. The van der Waals surface area contributed by atoms with E-state index in [1.165, 1.54) is 20.5 Å². The smallest absolute Gasteiger partial charge is 0.0892 e. The van der Waals surface area contributed by atoms with Crippen molar-refractivity contribution in [1.29, 1.82) is 0 Å². The first-order valence-electron chi connectivity index (χ1n) is 4.98. The topological polar surface area (TPSA) is 9.23 Å². The van der Waals surface area contributed by atoms with Gasteiger partial charge in [0.15, 0.2) is 0 Å². The van der Waals surface area contributed by atoms with Crippen molar-refractivity contribution in [2.45, 2.75) is 19.4 Å². The Kier molecular flexibility index (Phi) is 1.85. The maximum Gasteiger partial charge on any atom is 0.0892 e. The van der Waals surface area contributed by atoms with Gasteiger partial charge in [-0.05, 0) is 30.4 Å². The van der Waals surface area contributed by atoms with E-state index < -0.39 is 0 Å². The van der Waals surface area contributed by atoms with E-state index >= 15 is 0 Å². The average Bonchev–Trinajstić information content (AvgIpc) is 2.59. The van der Waals surface area contributed by atoms with E-state index in [1.54, 1.807) is 0 Å². The Hall–Kier alpha value is -0.860. The Bertz CT molecular complexity index is 472. The molecule has 0 saturated carbocycles. The van der Waals surface area contributed by atoms with Gasteiger partial charge in [-0.25, -0.2) is 0 Å². The molecule has 1 aromatic carbocycles. The predicted octanol–water partition coefficient (Wildman–Crippen LogP) is 3.54. The molecule has 0 bridgehead atoms. The van der Waals surface area contributed by atoms with E-state index in [0.717, 1.165) is 13.0 Å². The summed E-state index contributed by atoms with van der Waals surface area (Å²) in [6.45, 7) is 3.02. The molecule has 0 N–H and O–H groups in total. The van der Waals surface area contributed by atoms with Crippen molar-refractivity contribution in [3.63, 3.8) is 0 Å². The van der Waals surface area contributed by atoms with Gasteiger partial charge in [0.05, 0.1) is 12.7 Å². The summed E-state index contributed by atoms with van der Waals surface area (Å²) in [4.78, 5) is 1.43. The lowest BCUT2D eigenvalue weighted by Crippen LogP contribution is -2.11. The van der Waals surface area contributed by atoms with Gasteiger partial charge in [0, 0.05) is 9.58 Å². The lowest BCUT2D eigenvalue weighted by Gasteiger charge is -2.19. The molecule has 2 aromatic rings. The monoisotopic (exact) mass is 204 g/mol. The van der Waals surface area contributed by atoms with Crippen LogP contribution in [0.1, 0.15) is 23.5 Å². The van der Waals surface area contributed by atoms with Gasteiger partial charge in [0.25, 0.3) is 0 Å². The van der Waals surface area contributed by atoms with Gasteiger partial charge in [-0.15, -0.1) is 11.3 Å². The molecule has 1 aromatic heterocycles. The van der Waals surface area contributed by atoms with Crippen molar-refractivity contribution in [1.82, 2.24) is 0 Å². The minimum absolute atomic E-state index is 0.288. The van der Waals surface area contributed by atoms with Crippen LogP contribution in [-0.2, 0) is 11.2 Å². The molecule has 3 rings (SSSR count). The Labute approximate surface area is 87.3 Å². The number of benzene rings is 1. The highest BCUT2D eigenvalue weighted by atomic mass is 32.1. The third-order valence-corrected chi connectivity index (χ3v) is 4.19. The fourth-order valence-corrected chi connectivity index (χ4v) is 3.37. The number of fused-ring (bicyclic) bond motifs is 3. The van der Waals surface area contributed by atoms with Gasteiger partial charge in [0.2, 0.25) is 0 Å². The van der Waals surface area contributed by atoms with Crippen LogP contribution in [0.25, 0.3) is 10.1 Å². The zero-order valence-electron chi connectivity index (χ0n) is 8.12. The molecule has 2 heteroatoms.